The van der Waals surface area contributed by atoms with Crippen LogP contribution < -0.4 is 4.72 Å². The minimum Gasteiger partial charge on any atom is -0.207 e. The van der Waals surface area contributed by atoms with Gasteiger partial charge in [-0.15, -0.1) is 0 Å². The van der Waals surface area contributed by atoms with Crippen molar-refractivity contribution in [1.82, 2.24) is 4.72 Å². The van der Waals surface area contributed by atoms with Crippen LogP contribution in [0.5, 0.6) is 0 Å². The third kappa shape index (κ3) is 4.15. The summed E-state index contributed by atoms with van der Waals surface area (Å²) < 4.78 is 40.2. The molecule has 0 amide bonds. The van der Waals surface area contributed by atoms with Gasteiger partial charge in [0, 0.05) is 6.54 Å². The van der Waals surface area contributed by atoms with Crippen LogP contribution in [-0.4, -0.2) is 8.42 Å². The van der Waals surface area contributed by atoms with E-state index in [1.165, 1.54) is 6.07 Å². The summed E-state index contributed by atoms with van der Waals surface area (Å²) in [7, 11) is -3.56. The second-order valence-corrected chi connectivity index (χ2v) is 7.07. The lowest BCUT2D eigenvalue weighted by molar-refractivity contribution is 0.581. The number of hydrogen-bond donors (Lipinski definition) is 1. The monoisotopic (exact) mass is 321 g/mol. The van der Waals surface area contributed by atoms with E-state index in [-0.39, 0.29) is 17.3 Å². The van der Waals surface area contributed by atoms with Gasteiger partial charge in [0.2, 0.25) is 10.0 Å². The Morgan fingerprint density at radius 2 is 1.68 bits per heavy atom. The lowest BCUT2D eigenvalue weighted by Crippen LogP contribution is -2.23. The maximum atomic E-state index is 13.2. The first-order chi connectivity index (χ1) is 10.4. The molecule has 118 valence electrons. The lowest BCUT2D eigenvalue weighted by Gasteiger charge is -2.08. The third-order valence-corrected chi connectivity index (χ3v) is 4.88. The largest absolute Gasteiger partial charge is 0.240 e. The van der Waals surface area contributed by atoms with E-state index in [1.54, 1.807) is 31.2 Å². The zero-order chi connectivity index (χ0) is 16.2. The number of halogens is 1. The van der Waals surface area contributed by atoms with Crippen molar-refractivity contribution < 1.29 is 12.8 Å². The van der Waals surface area contributed by atoms with E-state index in [2.05, 4.69) is 11.6 Å². The Morgan fingerprint density at radius 1 is 1.05 bits per heavy atom. The van der Waals surface area contributed by atoms with Gasteiger partial charge in [0.05, 0.1) is 4.90 Å². The van der Waals surface area contributed by atoms with Gasteiger partial charge < -0.3 is 0 Å². The first-order valence-electron chi connectivity index (χ1n) is 7.26. The molecule has 3 nitrogen and oxygen atoms in total. The highest BCUT2D eigenvalue weighted by atomic mass is 32.2. The average Bonchev–Trinajstić information content (AvgIpc) is 2.49. The number of sulfonamides is 1. The van der Waals surface area contributed by atoms with Gasteiger partial charge in [-0.25, -0.2) is 17.5 Å². The molecule has 0 spiro atoms. The highest BCUT2D eigenvalue weighted by Crippen LogP contribution is 2.14. The van der Waals surface area contributed by atoms with Crippen LogP contribution in [0.25, 0.3) is 0 Å². The number of benzene rings is 2. The number of hydrogen-bond acceptors (Lipinski definition) is 2. The van der Waals surface area contributed by atoms with Gasteiger partial charge in [-0.1, -0.05) is 37.6 Å². The van der Waals surface area contributed by atoms with Gasteiger partial charge in [-0.3, -0.25) is 0 Å². The molecule has 0 bridgehead atoms. The van der Waals surface area contributed by atoms with Crippen molar-refractivity contribution in [3.63, 3.8) is 0 Å². The Labute approximate surface area is 131 Å². The van der Waals surface area contributed by atoms with Gasteiger partial charge in [0.1, 0.15) is 5.82 Å². The van der Waals surface area contributed by atoms with Gasteiger partial charge in [-0.2, -0.15) is 0 Å². The van der Waals surface area contributed by atoms with E-state index in [4.69, 9.17) is 0 Å². The first-order valence-corrected chi connectivity index (χ1v) is 8.74. The van der Waals surface area contributed by atoms with Gasteiger partial charge >= 0.3 is 0 Å². The Balaban J connectivity index is 2.08. The van der Waals surface area contributed by atoms with Crippen molar-refractivity contribution in [2.45, 2.75) is 38.1 Å². The molecule has 2 aromatic rings. The van der Waals surface area contributed by atoms with Crippen LogP contribution in [0.4, 0.5) is 4.39 Å². The standard InChI is InChI=1S/C17H20FNO2S/c1-3-4-14-5-8-16(9-6-14)22(20,21)19-12-15-7-10-17(18)13(2)11-15/h5-11,19H,3-4,12H2,1-2H3. The van der Waals surface area contributed by atoms with E-state index in [1.807, 2.05) is 12.1 Å². The van der Waals surface area contributed by atoms with E-state index in [0.717, 1.165) is 24.0 Å². The van der Waals surface area contributed by atoms with Crippen molar-refractivity contribution in [2.24, 2.45) is 0 Å². The van der Waals surface area contributed by atoms with Crippen LogP contribution in [-0.2, 0) is 23.0 Å². The van der Waals surface area contributed by atoms with Crippen molar-refractivity contribution in [3.05, 3.63) is 65.0 Å². The SMILES string of the molecule is CCCc1ccc(S(=O)(=O)NCc2ccc(F)c(C)c2)cc1. The fourth-order valence-electron chi connectivity index (χ4n) is 2.20. The fraction of sp³-hybridized carbons (Fsp3) is 0.294. The van der Waals surface area contributed by atoms with E-state index >= 15 is 0 Å². The summed E-state index contributed by atoms with van der Waals surface area (Å²) in [5, 5.41) is 0. The van der Waals surface area contributed by atoms with E-state index < -0.39 is 10.0 Å². The molecule has 5 heteroatoms. The molecule has 1 N–H and O–H groups in total. The number of nitrogens with one attached hydrogen (secondary N) is 1. The molecular formula is C17H20FNO2S. The minimum absolute atomic E-state index is 0.139. The Hall–Kier alpha value is -1.72. The van der Waals surface area contributed by atoms with Crippen molar-refractivity contribution >= 4 is 10.0 Å². The Kier molecular flexibility index (Phi) is 5.32. The summed E-state index contributed by atoms with van der Waals surface area (Å²) >= 11 is 0. The molecule has 2 rings (SSSR count). The fourth-order valence-corrected chi connectivity index (χ4v) is 3.22. The molecule has 2 aromatic carbocycles. The summed E-state index contributed by atoms with van der Waals surface area (Å²) in [4.78, 5) is 0.242. The van der Waals surface area contributed by atoms with Crippen LogP contribution in [0, 0.1) is 12.7 Å². The second-order valence-electron chi connectivity index (χ2n) is 5.30. The molecule has 0 aliphatic heterocycles. The van der Waals surface area contributed by atoms with Crippen LogP contribution in [0.1, 0.15) is 30.0 Å². The van der Waals surface area contributed by atoms with Crippen molar-refractivity contribution in [1.29, 1.82) is 0 Å². The molecule has 0 saturated heterocycles. The smallest absolute Gasteiger partial charge is 0.207 e. The zero-order valence-corrected chi connectivity index (χ0v) is 13.6. The predicted molar refractivity (Wildman–Crippen MR) is 85.6 cm³/mol. The molecule has 0 saturated carbocycles. The summed E-state index contributed by atoms with van der Waals surface area (Å²) in [5.74, 6) is -0.293. The molecular weight excluding hydrogens is 301 g/mol. The molecule has 0 aromatic heterocycles. The molecule has 22 heavy (non-hydrogen) atoms. The summed E-state index contributed by atoms with van der Waals surface area (Å²) in [5.41, 5.74) is 2.35. The highest BCUT2D eigenvalue weighted by molar-refractivity contribution is 7.89. The molecule has 0 aliphatic carbocycles. The van der Waals surface area contributed by atoms with Crippen molar-refractivity contribution in [3.8, 4) is 0 Å². The normalized spacial score (nSPS) is 11.6. The first kappa shape index (κ1) is 16.6. The maximum Gasteiger partial charge on any atom is 0.240 e. The maximum absolute atomic E-state index is 13.2. The molecule has 0 heterocycles. The predicted octanol–water partition coefficient (Wildman–Crippen LogP) is 3.57. The Morgan fingerprint density at radius 3 is 2.27 bits per heavy atom. The Bertz CT molecular complexity index is 740. The van der Waals surface area contributed by atoms with Crippen LogP contribution in [0.15, 0.2) is 47.4 Å². The molecule has 0 aliphatic rings. The quantitative estimate of drug-likeness (QED) is 0.884. The summed E-state index contributed by atoms with van der Waals surface area (Å²) in [6.45, 7) is 3.87. The molecule has 0 atom stereocenters. The third-order valence-electron chi connectivity index (χ3n) is 3.46. The van der Waals surface area contributed by atoms with Gasteiger partial charge in [-0.05, 0) is 48.2 Å². The molecule has 0 fully saturated rings. The summed E-state index contributed by atoms with van der Waals surface area (Å²) in [6.07, 6.45) is 1.96. The minimum atomic E-state index is -3.56. The van der Waals surface area contributed by atoms with Crippen LogP contribution in [0.2, 0.25) is 0 Å². The number of rotatable bonds is 6. The van der Waals surface area contributed by atoms with E-state index in [0.29, 0.717) is 5.56 Å². The topological polar surface area (TPSA) is 46.2 Å². The average molecular weight is 321 g/mol. The van der Waals surface area contributed by atoms with E-state index in [9.17, 15) is 12.8 Å². The molecule has 0 radical (unpaired) electrons. The van der Waals surface area contributed by atoms with Gasteiger partial charge in [0.15, 0.2) is 0 Å². The van der Waals surface area contributed by atoms with Crippen molar-refractivity contribution in [2.75, 3.05) is 0 Å². The summed E-state index contributed by atoms with van der Waals surface area (Å²) in [6, 6.07) is 11.5. The number of aryl methyl sites for hydroxylation is 2. The molecule has 0 unspecified atom stereocenters. The van der Waals surface area contributed by atoms with Crippen LogP contribution in [0.3, 0.4) is 0 Å². The van der Waals surface area contributed by atoms with Gasteiger partial charge in [0.25, 0.3) is 0 Å². The second kappa shape index (κ2) is 7.03. The lowest BCUT2D eigenvalue weighted by atomic mass is 10.1. The zero-order valence-electron chi connectivity index (χ0n) is 12.8. The van der Waals surface area contributed by atoms with Crippen LogP contribution >= 0.6 is 0 Å². The highest BCUT2D eigenvalue weighted by Gasteiger charge is 2.13.